The van der Waals surface area contributed by atoms with Crippen LogP contribution in [0, 0.1) is 32.1 Å². The normalized spacial score (nSPS) is 17.3. The Morgan fingerprint density at radius 1 is 1.00 bits per heavy atom. The Balaban J connectivity index is 1.84. The highest BCUT2D eigenvalue weighted by molar-refractivity contribution is 5.91. The largest absolute Gasteiger partial charge is 0.458 e. The summed E-state index contributed by atoms with van der Waals surface area (Å²) in [7, 11) is 0. The molecule has 8 heteroatoms. The van der Waals surface area contributed by atoms with E-state index in [1.54, 1.807) is 0 Å². The van der Waals surface area contributed by atoms with Crippen molar-refractivity contribution in [3.05, 3.63) is 44.0 Å². The number of esters is 1. The first-order chi connectivity index (χ1) is 10.5. The Bertz CT molecular complexity index is 606. The average molecular weight is 306 g/mol. The second kappa shape index (κ2) is 5.36. The number of carbonyl (C=O) groups is 1. The number of hydrogen-bond acceptors (Lipinski definition) is 6. The summed E-state index contributed by atoms with van der Waals surface area (Å²) in [6, 6.07) is 2.87. The van der Waals surface area contributed by atoms with Gasteiger partial charge in [-0.2, -0.15) is 0 Å². The molecule has 1 aromatic carbocycles. The summed E-state index contributed by atoms with van der Waals surface area (Å²) >= 11 is 0. The van der Waals surface area contributed by atoms with Crippen molar-refractivity contribution >= 4 is 17.3 Å². The van der Waals surface area contributed by atoms with E-state index < -0.39 is 27.2 Å². The van der Waals surface area contributed by atoms with Crippen LogP contribution in [-0.2, 0) is 4.74 Å². The molecule has 0 unspecified atom stereocenters. The first kappa shape index (κ1) is 14.4. The van der Waals surface area contributed by atoms with E-state index in [4.69, 9.17) is 4.74 Å². The van der Waals surface area contributed by atoms with Crippen LogP contribution in [0.3, 0.4) is 0 Å². The van der Waals surface area contributed by atoms with Gasteiger partial charge in [-0.1, -0.05) is 0 Å². The lowest BCUT2D eigenvalue weighted by molar-refractivity contribution is -0.394. The van der Waals surface area contributed by atoms with Crippen LogP contribution in [0.15, 0.2) is 18.2 Å². The molecule has 0 heterocycles. The van der Waals surface area contributed by atoms with Gasteiger partial charge in [-0.3, -0.25) is 20.2 Å². The average Bonchev–Trinajstić information content (AvgIpc) is 3.37. The van der Waals surface area contributed by atoms with E-state index in [9.17, 15) is 25.0 Å². The fourth-order valence-corrected chi connectivity index (χ4v) is 2.54. The molecule has 0 N–H and O–H groups in total. The number of benzene rings is 1. The maximum Gasteiger partial charge on any atom is 0.338 e. The Labute approximate surface area is 125 Å². The summed E-state index contributed by atoms with van der Waals surface area (Å²) in [4.78, 5) is 32.4. The quantitative estimate of drug-likeness (QED) is 0.453. The van der Waals surface area contributed by atoms with Crippen molar-refractivity contribution in [3.63, 3.8) is 0 Å². The minimum Gasteiger partial charge on any atom is -0.458 e. The lowest BCUT2D eigenvalue weighted by atomic mass is 10.1. The SMILES string of the molecule is O=C(OC(C1CC1)C1CC1)c1cc([N+](=O)[O-])cc([N+](=O)[O-])c1. The number of nitrogens with zero attached hydrogens (tertiary/aromatic N) is 2. The van der Waals surface area contributed by atoms with Gasteiger partial charge >= 0.3 is 5.97 Å². The standard InChI is InChI=1S/C14H14N2O6/c17-14(22-13(8-1-2-8)9-3-4-9)10-5-11(15(18)19)7-12(6-10)16(20)21/h5-9,13H,1-4H2. The highest BCUT2D eigenvalue weighted by Crippen LogP contribution is 2.46. The second-order valence-corrected chi connectivity index (χ2v) is 5.80. The molecule has 2 aliphatic rings. The van der Waals surface area contributed by atoms with Crippen LogP contribution in [0.1, 0.15) is 36.0 Å². The van der Waals surface area contributed by atoms with Crippen molar-refractivity contribution in [2.24, 2.45) is 11.8 Å². The molecule has 8 nitrogen and oxygen atoms in total. The first-order valence-electron chi connectivity index (χ1n) is 7.10. The Kier molecular flexibility index (Phi) is 3.51. The van der Waals surface area contributed by atoms with Crippen LogP contribution in [0.4, 0.5) is 11.4 Å². The molecule has 116 valence electrons. The molecule has 1 aromatic rings. The van der Waals surface area contributed by atoms with E-state index in [-0.39, 0.29) is 11.7 Å². The number of nitro benzene ring substituents is 2. The molecular weight excluding hydrogens is 292 g/mol. The number of carbonyl (C=O) groups excluding carboxylic acids is 1. The van der Waals surface area contributed by atoms with Crippen molar-refractivity contribution in [3.8, 4) is 0 Å². The van der Waals surface area contributed by atoms with E-state index in [0.29, 0.717) is 11.8 Å². The maximum absolute atomic E-state index is 12.2. The van der Waals surface area contributed by atoms with Crippen LogP contribution in [0.5, 0.6) is 0 Å². The van der Waals surface area contributed by atoms with Crippen LogP contribution < -0.4 is 0 Å². The zero-order chi connectivity index (χ0) is 15.9. The Morgan fingerprint density at radius 3 is 1.82 bits per heavy atom. The number of ether oxygens (including phenoxy) is 1. The zero-order valence-corrected chi connectivity index (χ0v) is 11.6. The number of nitro groups is 2. The van der Waals surface area contributed by atoms with E-state index in [1.165, 1.54) is 0 Å². The number of rotatable bonds is 6. The van der Waals surface area contributed by atoms with Gasteiger partial charge in [-0.15, -0.1) is 0 Å². The molecule has 0 spiro atoms. The fourth-order valence-electron chi connectivity index (χ4n) is 2.54. The van der Waals surface area contributed by atoms with Gasteiger partial charge in [0.15, 0.2) is 0 Å². The lowest BCUT2D eigenvalue weighted by Gasteiger charge is -2.16. The summed E-state index contributed by atoms with van der Waals surface area (Å²) in [6.07, 6.45) is 3.91. The van der Waals surface area contributed by atoms with Gasteiger partial charge in [-0.05, 0) is 37.5 Å². The molecule has 0 aliphatic heterocycles. The number of non-ortho nitro benzene ring substituents is 2. The molecule has 0 amide bonds. The summed E-state index contributed by atoms with van der Waals surface area (Å²) in [5, 5.41) is 21.7. The van der Waals surface area contributed by atoms with Gasteiger partial charge < -0.3 is 4.74 Å². The maximum atomic E-state index is 12.2. The van der Waals surface area contributed by atoms with Gasteiger partial charge in [0.2, 0.25) is 0 Å². The third kappa shape index (κ3) is 3.05. The van der Waals surface area contributed by atoms with Crippen molar-refractivity contribution in [2.45, 2.75) is 31.8 Å². The predicted octanol–water partition coefficient (Wildman–Crippen LogP) is 2.85. The summed E-state index contributed by atoms with van der Waals surface area (Å²) < 4.78 is 5.47. The van der Waals surface area contributed by atoms with Gasteiger partial charge in [0.25, 0.3) is 11.4 Å². The molecule has 3 rings (SSSR count). The van der Waals surface area contributed by atoms with Crippen LogP contribution >= 0.6 is 0 Å². The third-order valence-electron chi connectivity index (χ3n) is 3.98. The predicted molar refractivity (Wildman–Crippen MR) is 74.4 cm³/mol. The Morgan fingerprint density at radius 2 is 1.45 bits per heavy atom. The Hall–Kier alpha value is -2.51. The van der Waals surface area contributed by atoms with Gasteiger partial charge in [0.1, 0.15) is 6.10 Å². The monoisotopic (exact) mass is 306 g/mol. The highest BCUT2D eigenvalue weighted by atomic mass is 16.6. The molecule has 2 fully saturated rings. The molecule has 2 aliphatic carbocycles. The minimum atomic E-state index is -0.761. The van der Waals surface area contributed by atoms with Crippen molar-refractivity contribution in [2.75, 3.05) is 0 Å². The van der Waals surface area contributed by atoms with Crippen LogP contribution in [-0.4, -0.2) is 21.9 Å². The third-order valence-corrected chi connectivity index (χ3v) is 3.98. The molecule has 2 saturated carbocycles. The first-order valence-corrected chi connectivity index (χ1v) is 7.10. The molecule has 0 saturated heterocycles. The van der Waals surface area contributed by atoms with E-state index >= 15 is 0 Å². The van der Waals surface area contributed by atoms with E-state index in [2.05, 4.69) is 0 Å². The topological polar surface area (TPSA) is 113 Å². The van der Waals surface area contributed by atoms with E-state index in [1.807, 2.05) is 0 Å². The van der Waals surface area contributed by atoms with Crippen molar-refractivity contribution in [1.29, 1.82) is 0 Å². The molecule has 0 aromatic heterocycles. The van der Waals surface area contributed by atoms with Gasteiger partial charge in [0, 0.05) is 12.1 Å². The molecule has 0 radical (unpaired) electrons. The molecular formula is C14H14N2O6. The van der Waals surface area contributed by atoms with Crippen LogP contribution in [0.25, 0.3) is 0 Å². The van der Waals surface area contributed by atoms with E-state index in [0.717, 1.165) is 43.9 Å². The zero-order valence-electron chi connectivity index (χ0n) is 11.6. The lowest BCUT2D eigenvalue weighted by Crippen LogP contribution is -2.22. The van der Waals surface area contributed by atoms with Gasteiger partial charge in [0.05, 0.1) is 21.5 Å². The van der Waals surface area contributed by atoms with Gasteiger partial charge in [-0.25, -0.2) is 4.79 Å². The summed E-state index contributed by atoms with van der Waals surface area (Å²) in [6.45, 7) is 0. The molecule has 0 atom stereocenters. The summed E-state index contributed by atoms with van der Waals surface area (Å²) in [5.74, 6) is 0.00543. The molecule has 22 heavy (non-hydrogen) atoms. The summed E-state index contributed by atoms with van der Waals surface area (Å²) in [5.41, 5.74) is -1.13. The number of hydrogen-bond donors (Lipinski definition) is 0. The van der Waals surface area contributed by atoms with Crippen molar-refractivity contribution in [1.82, 2.24) is 0 Å². The highest BCUT2D eigenvalue weighted by Gasteiger charge is 2.44. The fraction of sp³-hybridized carbons (Fsp3) is 0.500. The second-order valence-electron chi connectivity index (χ2n) is 5.80. The smallest absolute Gasteiger partial charge is 0.338 e. The van der Waals surface area contributed by atoms with Crippen LogP contribution in [0.2, 0.25) is 0 Å². The minimum absolute atomic E-state index is 0.146. The van der Waals surface area contributed by atoms with Crippen molar-refractivity contribution < 1.29 is 19.4 Å². The molecule has 0 bridgehead atoms.